The average Bonchev–Trinajstić information content (AvgIpc) is 3.22. The molecule has 1 fully saturated rings. The third-order valence-corrected chi connectivity index (χ3v) is 5.96. The summed E-state index contributed by atoms with van der Waals surface area (Å²) in [7, 11) is 0. The number of amides is 1. The summed E-state index contributed by atoms with van der Waals surface area (Å²) in [5.74, 6) is 0.675. The normalized spacial score (nSPS) is 16.2. The lowest BCUT2D eigenvalue weighted by molar-refractivity contribution is -0.115. The van der Waals surface area contributed by atoms with Crippen LogP contribution >= 0.6 is 11.8 Å². The highest BCUT2D eigenvalue weighted by molar-refractivity contribution is 8.18. The van der Waals surface area contributed by atoms with E-state index in [1.807, 2.05) is 37.3 Å². The fourth-order valence-corrected chi connectivity index (χ4v) is 4.45. The van der Waals surface area contributed by atoms with E-state index in [-0.39, 0.29) is 5.91 Å². The van der Waals surface area contributed by atoms with Gasteiger partial charge in [-0.25, -0.2) is 4.99 Å². The van der Waals surface area contributed by atoms with Crippen molar-refractivity contribution in [2.45, 2.75) is 27.7 Å². The van der Waals surface area contributed by atoms with Crippen LogP contribution in [0, 0.1) is 20.8 Å². The van der Waals surface area contributed by atoms with Gasteiger partial charge in [-0.1, -0.05) is 12.1 Å². The molecule has 0 bridgehead atoms. The number of hydrogen-bond donors (Lipinski definition) is 1. The molecule has 0 aliphatic carbocycles. The highest BCUT2D eigenvalue weighted by atomic mass is 32.2. The molecule has 2 heterocycles. The van der Waals surface area contributed by atoms with Crippen LogP contribution < -0.4 is 10.1 Å². The van der Waals surface area contributed by atoms with Crippen LogP contribution in [0.1, 0.15) is 29.4 Å². The summed E-state index contributed by atoms with van der Waals surface area (Å²) in [4.78, 5) is 17.7. The fourth-order valence-electron chi connectivity index (χ4n) is 3.62. The van der Waals surface area contributed by atoms with Crippen LogP contribution in [-0.2, 0) is 4.79 Å². The number of aliphatic imine (C=N–C) groups is 1. The highest BCUT2D eigenvalue weighted by Gasteiger charge is 2.24. The van der Waals surface area contributed by atoms with E-state index in [4.69, 9.17) is 4.74 Å². The predicted molar refractivity (Wildman–Crippen MR) is 128 cm³/mol. The number of ether oxygens (including phenoxy) is 1. The number of carbonyl (C=O) groups excluding carboxylic acids is 1. The molecular formula is C25H25N3O2S. The molecule has 1 aliphatic rings. The molecule has 0 saturated carbocycles. The number of thioether (sulfide) groups is 1. The van der Waals surface area contributed by atoms with Crippen LogP contribution in [-0.4, -0.2) is 22.2 Å². The van der Waals surface area contributed by atoms with E-state index in [2.05, 4.69) is 66.0 Å². The zero-order chi connectivity index (χ0) is 22.0. The first-order valence-corrected chi connectivity index (χ1v) is 11.0. The lowest BCUT2D eigenvalue weighted by Gasteiger charge is -2.10. The Morgan fingerprint density at radius 1 is 1.10 bits per heavy atom. The van der Waals surface area contributed by atoms with Gasteiger partial charge in [-0.2, -0.15) is 0 Å². The fraction of sp³-hybridized carbons (Fsp3) is 0.200. The second-order valence-electron chi connectivity index (χ2n) is 7.41. The molecule has 6 heteroatoms. The van der Waals surface area contributed by atoms with Gasteiger partial charge in [0.05, 0.1) is 17.2 Å². The Balaban J connectivity index is 1.58. The smallest absolute Gasteiger partial charge is 0.264 e. The maximum absolute atomic E-state index is 12.5. The zero-order valence-electron chi connectivity index (χ0n) is 18.1. The number of amidine groups is 1. The van der Waals surface area contributed by atoms with Crippen LogP contribution in [0.2, 0.25) is 0 Å². The average molecular weight is 432 g/mol. The molecule has 4 rings (SSSR count). The van der Waals surface area contributed by atoms with Crippen molar-refractivity contribution in [2.75, 3.05) is 6.61 Å². The number of carbonyl (C=O) groups is 1. The van der Waals surface area contributed by atoms with E-state index < -0.39 is 0 Å². The predicted octanol–water partition coefficient (Wildman–Crippen LogP) is 5.69. The van der Waals surface area contributed by atoms with Gasteiger partial charge in [0.2, 0.25) is 0 Å². The standard InChI is InChI=1S/C25H25N3O2S/c1-5-30-22-11-9-20(10-12-22)26-25-27-24(29)23(31-25)15-19-14-17(3)28(18(19)4)21-8-6-7-16(2)13-21/h6-15H,5H2,1-4H3,(H,26,27,29)/b23-15-. The topological polar surface area (TPSA) is 55.6 Å². The second-order valence-corrected chi connectivity index (χ2v) is 8.44. The van der Waals surface area contributed by atoms with E-state index in [9.17, 15) is 4.79 Å². The number of hydrogen-bond acceptors (Lipinski definition) is 4. The van der Waals surface area contributed by atoms with Crippen molar-refractivity contribution in [1.29, 1.82) is 0 Å². The minimum atomic E-state index is -0.130. The van der Waals surface area contributed by atoms with E-state index in [1.54, 1.807) is 0 Å². The van der Waals surface area contributed by atoms with Crippen LogP contribution in [0.15, 0.2) is 64.5 Å². The number of nitrogens with zero attached hydrogens (tertiary/aromatic N) is 2. The summed E-state index contributed by atoms with van der Waals surface area (Å²) in [5, 5.41) is 3.44. The van der Waals surface area contributed by atoms with E-state index in [1.165, 1.54) is 17.3 Å². The molecule has 31 heavy (non-hydrogen) atoms. The largest absolute Gasteiger partial charge is 0.494 e. The summed E-state index contributed by atoms with van der Waals surface area (Å²) in [5.41, 5.74) is 6.36. The Bertz CT molecular complexity index is 1190. The molecule has 0 spiro atoms. The number of aromatic nitrogens is 1. The van der Waals surface area contributed by atoms with Crippen LogP contribution in [0.25, 0.3) is 11.8 Å². The number of nitrogens with one attached hydrogen (secondary N) is 1. The van der Waals surface area contributed by atoms with Gasteiger partial charge in [-0.05, 0) is 99.1 Å². The maximum atomic E-state index is 12.5. The third kappa shape index (κ3) is 4.59. The van der Waals surface area contributed by atoms with Crippen LogP contribution in [0.4, 0.5) is 5.69 Å². The third-order valence-electron chi connectivity index (χ3n) is 5.05. The highest BCUT2D eigenvalue weighted by Crippen LogP contribution is 2.31. The molecule has 3 aromatic rings. The van der Waals surface area contributed by atoms with Gasteiger partial charge < -0.3 is 14.6 Å². The summed E-state index contributed by atoms with van der Waals surface area (Å²) >= 11 is 1.35. The molecule has 1 N–H and O–H groups in total. The van der Waals surface area contributed by atoms with Gasteiger partial charge in [0.1, 0.15) is 5.75 Å². The second kappa shape index (κ2) is 8.86. The van der Waals surface area contributed by atoms with Crippen molar-refractivity contribution in [3.05, 3.63) is 82.0 Å². The van der Waals surface area contributed by atoms with Crippen molar-refractivity contribution < 1.29 is 9.53 Å². The summed E-state index contributed by atoms with van der Waals surface area (Å²) < 4.78 is 7.67. The number of benzene rings is 2. The van der Waals surface area contributed by atoms with Crippen LogP contribution in [0.3, 0.4) is 0 Å². The Morgan fingerprint density at radius 3 is 2.58 bits per heavy atom. The van der Waals surface area contributed by atoms with Crippen molar-refractivity contribution in [3.8, 4) is 11.4 Å². The molecule has 1 aliphatic heterocycles. The lowest BCUT2D eigenvalue weighted by atomic mass is 10.2. The lowest BCUT2D eigenvalue weighted by Crippen LogP contribution is -2.19. The zero-order valence-corrected chi connectivity index (χ0v) is 18.9. The molecule has 1 aromatic heterocycles. The Hall–Kier alpha value is -3.25. The minimum absolute atomic E-state index is 0.130. The van der Waals surface area contributed by atoms with Crippen molar-refractivity contribution in [3.63, 3.8) is 0 Å². The summed E-state index contributed by atoms with van der Waals surface area (Å²) in [6.07, 6.45) is 1.94. The van der Waals surface area contributed by atoms with Gasteiger partial charge in [-0.3, -0.25) is 4.79 Å². The summed E-state index contributed by atoms with van der Waals surface area (Å²) in [6, 6.07) is 18.0. The van der Waals surface area contributed by atoms with E-state index in [0.29, 0.717) is 16.7 Å². The number of rotatable bonds is 5. The molecule has 158 valence electrons. The van der Waals surface area contributed by atoms with Crippen LogP contribution in [0.5, 0.6) is 5.75 Å². The van der Waals surface area contributed by atoms with Crippen molar-refractivity contribution in [2.24, 2.45) is 4.99 Å². The first-order chi connectivity index (χ1) is 14.9. The monoisotopic (exact) mass is 431 g/mol. The number of aryl methyl sites for hydroxylation is 2. The molecule has 1 amide bonds. The first kappa shape index (κ1) is 21.0. The molecule has 0 radical (unpaired) electrons. The van der Waals surface area contributed by atoms with Crippen molar-refractivity contribution in [1.82, 2.24) is 9.88 Å². The van der Waals surface area contributed by atoms with E-state index in [0.717, 1.165) is 34.1 Å². The maximum Gasteiger partial charge on any atom is 0.264 e. The molecular weight excluding hydrogens is 406 g/mol. The quantitative estimate of drug-likeness (QED) is 0.528. The van der Waals surface area contributed by atoms with Gasteiger partial charge in [0.25, 0.3) is 5.91 Å². The molecule has 0 unspecified atom stereocenters. The Kier molecular flexibility index (Phi) is 6.00. The van der Waals surface area contributed by atoms with Gasteiger partial charge >= 0.3 is 0 Å². The van der Waals surface area contributed by atoms with Gasteiger partial charge in [-0.15, -0.1) is 0 Å². The first-order valence-electron chi connectivity index (χ1n) is 10.2. The van der Waals surface area contributed by atoms with Gasteiger partial charge in [0.15, 0.2) is 5.17 Å². The van der Waals surface area contributed by atoms with Gasteiger partial charge in [0, 0.05) is 17.1 Å². The Labute approximate surface area is 186 Å². The molecule has 1 saturated heterocycles. The van der Waals surface area contributed by atoms with E-state index >= 15 is 0 Å². The SMILES string of the molecule is CCOc1ccc(N=C2NC(=O)/C(=C/c3cc(C)n(-c4cccc(C)c4)c3C)S2)cc1. The molecule has 5 nitrogen and oxygen atoms in total. The minimum Gasteiger partial charge on any atom is -0.494 e. The summed E-state index contributed by atoms with van der Waals surface area (Å²) in [6.45, 7) is 8.82. The molecule has 0 atom stereocenters. The molecule has 2 aromatic carbocycles. The van der Waals surface area contributed by atoms with Crippen molar-refractivity contribution >= 4 is 34.6 Å². The Morgan fingerprint density at radius 2 is 1.87 bits per heavy atom.